The Kier molecular flexibility index (Phi) is 14.2. The second-order valence-corrected chi connectivity index (χ2v) is 25.6. The third kappa shape index (κ3) is 9.97. The molecule has 0 spiro atoms. The smallest absolute Gasteiger partial charge is 0.216 e. The molecule has 0 aliphatic carbocycles. The summed E-state index contributed by atoms with van der Waals surface area (Å²) in [6, 6.07) is 64.2. The van der Waals surface area contributed by atoms with Gasteiger partial charge in [0.15, 0.2) is 0 Å². The van der Waals surface area contributed by atoms with E-state index in [1.807, 2.05) is 42.5 Å². The Labute approximate surface area is 433 Å². The van der Waals surface area contributed by atoms with E-state index in [9.17, 15) is 0 Å². The molecule has 0 unspecified atom stereocenters. The number of rotatable bonds is 10. The van der Waals surface area contributed by atoms with Crippen LogP contribution < -0.4 is 5.19 Å². The number of aromatic nitrogens is 4. The van der Waals surface area contributed by atoms with E-state index in [4.69, 9.17) is 14.4 Å². The molecule has 357 valence electrons. The normalized spacial score (nSPS) is 11.8. The average molecular weight is 1120 g/mol. The second-order valence-electron chi connectivity index (χ2n) is 20.6. The number of pyridine rings is 2. The fraction of sp³-hybridized carbons (Fsp3) is 0.203. The van der Waals surface area contributed by atoms with Crippen LogP contribution in [0.2, 0.25) is 19.6 Å². The van der Waals surface area contributed by atoms with Gasteiger partial charge in [0.2, 0.25) is 5.71 Å². The van der Waals surface area contributed by atoms with Gasteiger partial charge in [0, 0.05) is 42.9 Å². The molecule has 0 N–H and O–H groups in total. The number of furan rings is 1. The third-order valence-corrected chi connectivity index (χ3v) is 15.3. The molecule has 0 amide bonds. The predicted octanol–water partition coefficient (Wildman–Crippen LogP) is 16.8. The van der Waals surface area contributed by atoms with Crippen molar-refractivity contribution in [1.82, 2.24) is 19.5 Å². The van der Waals surface area contributed by atoms with Gasteiger partial charge in [-0.2, -0.15) is 0 Å². The van der Waals surface area contributed by atoms with E-state index >= 15 is 0 Å². The van der Waals surface area contributed by atoms with Crippen LogP contribution in [-0.2, 0) is 26.5 Å². The monoisotopic (exact) mass is 1120 g/mol. The van der Waals surface area contributed by atoms with E-state index in [-0.39, 0.29) is 31.9 Å². The van der Waals surface area contributed by atoms with Crippen LogP contribution >= 0.6 is 0 Å². The molecule has 0 aliphatic heterocycles. The molecule has 0 saturated carbocycles. The first-order valence-corrected chi connectivity index (χ1v) is 28.2. The molecule has 0 aliphatic rings. The predicted molar refractivity (Wildman–Crippen MR) is 297 cm³/mol. The molecular weight excluding hydrogens is 1060 g/mol. The number of hydrogen-bond acceptors (Lipinski definition) is 4. The van der Waals surface area contributed by atoms with Gasteiger partial charge in [-0.1, -0.05) is 163 Å². The fourth-order valence-corrected chi connectivity index (χ4v) is 11.4. The van der Waals surface area contributed by atoms with Crippen LogP contribution in [0, 0.1) is 18.1 Å². The van der Waals surface area contributed by atoms with E-state index in [1.165, 1.54) is 49.5 Å². The topological polar surface area (TPSA) is 56.7 Å². The fourth-order valence-electron chi connectivity index (χ4n) is 9.81. The number of fused-ring (bicyclic) bond motifs is 5. The zero-order chi connectivity index (χ0) is 48.7. The summed E-state index contributed by atoms with van der Waals surface area (Å²) < 4.78 is 9.01. The van der Waals surface area contributed by atoms with Crippen LogP contribution in [0.15, 0.2) is 174 Å². The molecule has 1 radical (unpaired) electrons. The van der Waals surface area contributed by atoms with Gasteiger partial charge in [-0.3, -0.25) is 4.98 Å². The maximum Gasteiger partial charge on any atom is 0.216 e. The SMILES string of the molecule is CC(C)Cc1cc(-c2[c-]cccc2)ncc1[Si](C)(C)C.CC(C)c1cc(-c2ccc3ccccc3c2)cc(C(C)C)c1-n1c(-c2[c-]ccc3c2oc2nc(-c4ccccc4)ccc23)nc2ccccc21.[Ir]. The van der Waals surface area contributed by atoms with Crippen molar-refractivity contribution in [2.45, 2.75) is 79.4 Å². The van der Waals surface area contributed by atoms with Crippen molar-refractivity contribution in [3.8, 4) is 50.7 Å². The summed E-state index contributed by atoms with van der Waals surface area (Å²) in [5.41, 5.74) is 15.8. The van der Waals surface area contributed by atoms with Gasteiger partial charge < -0.3 is 14.0 Å². The zero-order valence-corrected chi connectivity index (χ0v) is 45.5. The van der Waals surface area contributed by atoms with Crippen molar-refractivity contribution in [3.05, 3.63) is 199 Å². The summed E-state index contributed by atoms with van der Waals surface area (Å²) in [5, 5.41) is 5.96. The first-order chi connectivity index (χ1) is 33.8. The summed E-state index contributed by atoms with van der Waals surface area (Å²) >= 11 is 0. The van der Waals surface area contributed by atoms with Crippen LogP contribution in [-0.4, -0.2) is 27.6 Å². The Morgan fingerprint density at radius 3 is 2.00 bits per heavy atom. The maximum absolute atomic E-state index is 6.66. The Bertz CT molecular complexity index is 3630. The van der Waals surface area contributed by atoms with E-state index in [0.717, 1.165) is 67.7 Å². The van der Waals surface area contributed by atoms with Gasteiger partial charge in [0.05, 0.1) is 36.2 Å². The Balaban J connectivity index is 0.000000251. The Morgan fingerprint density at radius 1 is 0.592 bits per heavy atom. The van der Waals surface area contributed by atoms with E-state index in [2.05, 4.69) is 210 Å². The molecule has 0 fully saturated rings. The van der Waals surface area contributed by atoms with Crippen molar-refractivity contribution in [2.24, 2.45) is 5.92 Å². The van der Waals surface area contributed by atoms with E-state index in [1.54, 1.807) is 0 Å². The largest absolute Gasteiger partial charge is 0.486 e. The molecule has 4 aromatic heterocycles. The van der Waals surface area contributed by atoms with Crippen molar-refractivity contribution in [1.29, 1.82) is 0 Å². The van der Waals surface area contributed by atoms with E-state index in [0.29, 0.717) is 11.6 Å². The number of hydrogen-bond donors (Lipinski definition) is 0. The Morgan fingerprint density at radius 2 is 1.30 bits per heavy atom. The second kappa shape index (κ2) is 20.5. The van der Waals surface area contributed by atoms with Gasteiger partial charge in [-0.25, -0.2) is 4.98 Å². The number of imidazole rings is 1. The van der Waals surface area contributed by atoms with Crippen LogP contribution in [0.3, 0.4) is 0 Å². The summed E-state index contributed by atoms with van der Waals surface area (Å²) in [5.74, 6) is 1.98. The van der Waals surface area contributed by atoms with Gasteiger partial charge in [-0.15, -0.1) is 54.1 Å². The summed E-state index contributed by atoms with van der Waals surface area (Å²) in [4.78, 5) is 15.0. The minimum absolute atomic E-state index is 0. The molecule has 11 rings (SSSR count). The summed E-state index contributed by atoms with van der Waals surface area (Å²) in [6.07, 6.45) is 3.24. The minimum Gasteiger partial charge on any atom is -0.486 e. The summed E-state index contributed by atoms with van der Waals surface area (Å²) in [6.45, 7) is 20.9. The average Bonchev–Trinajstić information content (AvgIpc) is 3.94. The van der Waals surface area contributed by atoms with Gasteiger partial charge in [0.1, 0.15) is 0 Å². The third-order valence-electron chi connectivity index (χ3n) is 13.3. The number of para-hydroxylation sites is 2. The van der Waals surface area contributed by atoms with Crippen molar-refractivity contribution in [2.75, 3.05) is 0 Å². The molecule has 7 heteroatoms. The first-order valence-electron chi connectivity index (χ1n) is 24.7. The standard InChI is InChI=1S/C46H36N3O.C18H24NSi.Ir/c1-28(2)38-26-34(33-22-21-30-13-8-9-16-32(30)25-33)27-39(29(3)4)43(38)49-42-20-11-10-19-41(42)47-45(49)37-18-12-17-35-36-23-24-40(31-14-6-5-7-15-31)48-46(36)50-44(35)37;1-14(2)11-16-12-17(15-9-7-6-8-10-15)19-13-18(16)20(3,4)5;/h5-17,19-29H,1-4H3;6-9,12-14H,11H2,1-5H3;/q2*-1;. The molecular formula is C64H60IrN4OSi-2. The molecule has 0 bridgehead atoms. The quantitative estimate of drug-likeness (QED) is 0.101. The van der Waals surface area contributed by atoms with Crippen LogP contribution in [0.1, 0.15) is 70.1 Å². The van der Waals surface area contributed by atoms with Crippen LogP contribution in [0.4, 0.5) is 0 Å². The van der Waals surface area contributed by atoms with Gasteiger partial charge in [-0.05, 0) is 111 Å². The Hall–Kier alpha value is -6.76. The van der Waals surface area contributed by atoms with Crippen molar-refractivity contribution < 1.29 is 24.5 Å². The maximum atomic E-state index is 6.66. The summed E-state index contributed by atoms with van der Waals surface area (Å²) in [7, 11) is -1.34. The first kappa shape index (κ1) is 49.2. The van der Waals surface area contributed by atoms with E-state index < -0.39 is 8.07 Å². The molecule has 4 heterocycles. The van der Waals surface area contributed by atoms with Crippen LogP contribution in [0.5, 0.6) is 0 Å². The zero-order valence-electron chi connectivity index (χ0n) is 42.1. The number of nitrogens with zero attached hydrogens (tertiary/aromatic N) is 4. The molecule has 0 saturated heterocycles. The molecule has 7 aromatic carbocycles. The molecule has 71 heavy (non-hydrogen) atoms. The molecule has 5 nitrogen and oxygen atoms in total. The van der Waals surface area contributed by atoms with Crippen LogP contribution in [0.25, 0.3) is 94.6 Å². The van der Waals surface area contributed by atoms with Gasteiger partial charge in [0.25, 0.3) is 0 Å². The van der Waals surface area contributed by atoms with Crippen molar-refractivity contribution in [3.63, 3.8) is 0 Å². The molecule has 0 atom stereocenters. The molecule has 11 aromatic rings. The van der Waals surface area contributed by atoms with Crippen molar-refractivity contribution >= 4 is 57.1 Å². The minimum atomic E-state index is -1.34. The van der Waals surface area contributed by atoms with Gasteiger partial charge >= 0.3 is 0 Å². The number of benzene rings is 7.